The molecule has 0 spiro atoms. The Bertz CT molecular complexity index is 330. The highest BCUT2D eigenvalue weighted by Crippen LogP contribution is 2.42. The lowest BCUT2D eigenvalue weighted by molar-refractivity contribution is -0.0794. The lowest BCUT2D eigenvalue weighted by Gasteiger charge is -2.33. The molecule has 0 bridgehead atoms. The van der Waals surface area contributed by atoms with Crippen molar-refractivity contribution in [2.75, 3.05) is 26.2 Å². The van der Waals surface area contributed by atoms with E-state index in [9.17, 15) is 5.11 Å². The van der Waals surface area contributed by atoms with E-state index < -0.39 is 0 Å². The normalized spacial score (nSPS) is 36.6. The predicted octanol–water partition coefficient (Wildman–Crippen LogP) is 1.62. The Morgan fingerprint density at radius 1 is 1.25 bits per heavy atom. The molecule has 0 aromatic carbocycles. The summed E-state index contributed by atoms with van der Waals surface area (Å²) in [4.78, 5) is 2.39. The van der Waals surface area contributed by atoms with Crippen LogP contribution in [0.2, 0.25) is 0 Å². The van der Waals surface area contributed by atoms with Gasteiger partial charge in [-0.05, 0) is 47.1 Å². The van der Waals surface area contributed by atoms with E-state index in [0.29, 0.717) is 12.0 Å². The average molecular weight is 284 g/mol. The van der Waals surface area contributed by atoms with Crippen LogP contribution in [0.5, 0.6) is 0 Å². The highest BCUT2D eigenvalue weighted by Gasteiger charge is 2.53. The molecule has 2 rings (SSSR count). The quantitative estimate of drug-likeness (QED) is 0.805. The molecule has 0 aromatic heterocycles. The van der Waals surface area contributed by atoms with E-state index in [0.717, 1.165) is 39.0 Å². The summed E-state index contributed by atoms with van der Waals surface area (Å²) in [6.45, 7) is 14.9. The van der Waals surface area contributed by atoms with Gasteiger partial charge in [-0.3, -0.25) is 0 Å². The van der Waals surface area contributed by atoms with Gasteiger partial charge in [0.1, 0.15) is 0 Å². The zero-order valence-electron chi connectivity index (χ0n) is 13.8. The van der Waals surface area contributed by atoms with Gasteiger partial charge < -0.3 is 20.1 Å². The van der Waals surface area contributed by atoms with E-state index in [1.54, 1.807) is 0 Å². The minimum absolute atomic E-state index is 0.123. The molecule has 118 valence electrons. The third-order valence-corrected chi connectivity index (χ3v) is 4.89. The van der Waals surface area contributed by atoms with Crippen molar-refractivity contribution in [3.63, 3.8) is 0 Å². The average Bonchev–Trinajstić information content (AvgIpc) is 2.78. The van der Waals surface area contributed by atoms with Crippen molar-refractivity contribution >= 4 is 0 Å². The Labute approximate surface area is 123 Å². The number of nitrogens with one attached hydrogen (secondary N) is 1. The number of aliphatic hydroxyl groups excluding tert-OH is 1. The summed E-state index contributed by atoms with van der Waals surface area (Å²) in [6.07, 6.45) is 1.91. The largest absolute Gasteiger partial charge is 0.392 e. The molecular weight excluding hydrogens is 252 g/mol. The third-order valence-electron chi connectivity index (χ3n) is 4.89. The van der Waals surface area contributed by atoms with E-state index in [1.165, 1.54) is 0 Å². The number of β-amino-alcohol motifs (C(OH)–C–C–N with tert-alkyl or cyclic N) is 1. The highest BCUT2D eigenvalue weighted by atomic mass is 16.5. The number of likely N-dealkylation sites (tertiary alicyclic amines) is 1. The van der Waals surface area contributed by atoms with Gasteiger partial charge in [-0.15, -0.1) is 0 Å². The van der Waals surface area contributed by atoms with Crippen molar-refractivity contribution in [3.05, 3.63) is 0 Å². The summed E-state index contributed by atoms with van der Waals surface area (Å²) >= 11 is 0. The Kier molecular flexibility index (Phi) is 4.80. The van der Waals surface area contributed by atoms with Crippen LogP contribution >= 0.6 is 0 Å². The maximum absolute atomic E-state index is 9.73. The fraction of sp³-hybridized carbons (Fsp3) is 1.00. The first kappa shape index (κ1) is 16.2. The fourth-order valence-electron chi connectivity index (χ4n) is 3.97. The molecule has 0 aliphatic carbocycles. The molecule has 3 unspecified atom stereocenters. The molecule has 2 N–H and O–H groups in total. The van der Waals surface area contributed by atoms with Crippen LogP contribution in [-0.2, 0) is 4.74 Å². The molecule has 2 saturated heterocycles. The molecule has 2 heterocycles. The maximum Gasteiger partial charge on any atom is 0.0790 e. The molecule has 2 fully saturated rings. The number of hydrogen-bond donors (Lipinski definition) is 2. The second-order valence-electron chi connectivity index (χ2n) is 7.55. The van der Waals surface area contributed by atoms with Gasteiger partial charge in [-0.2, -0.15) is 0 Å². The number of aliphatic hydroxyl groups is 1. The number of ether oxygens (including phenoxy) is 1. The van der Waals surface area contributed by atoms with E-state index >= 15 is 0 Å². The zero-order chi connectivity index (χ0) is 15.0. The minimum Gasteiger partial charge on any atom is -0.392 e. The molecule has 0 radical (unpaired) electrons. The summed E-state index contributed by atoms with van der Waals surface area (Å²) in [5, 5.41) is 13.4. The molecule has 0 saturated carbocycles. The summed E-state index contributed by atoms with van der Waals surface area (Å²) in [7, 11) is 0. The molecule has 4 heteroatoms. The van der Waals surface area contributed by atoms with E-state index in [1.807, 2.05) is 0 Å². The van der Waals surface area contributed by atoms with Crippen molar-refractivity contribution in [2.45, 2.75) is 70.8 Å². The lowest BCUT2D eigenvalue weighted by Crippen LogP contribution is -2.51. The van der Waals surface area contributed by atoms with Crippen molar-refractivity contribution in [1.29, 1.82) is 0 Å². The van der Waals surface area contributed by atoms with Crippen molar-refractivity contribution in [2.24, 2.45) is 5.92 Å². The van der Waals surface area contributed by atoms with Crippen LogP contribution in [0, 0.1) is 5.92 Å². The standard InChI is InChI=1S/C16H32N2O2/c1-6-8-17-14-13(11-18-9-7-12(19)10-18)15(2,3)20-16(14,4)5/h12-14,17,19H,6-11H2,1-5H3. The molecule has 0 aromatic rings. The number of hydrogen-bond acceptors (Lipinski definition) is 4. The summed E-state index contributed by atoms with van der Waals surface area (Å²) in [6, 6.07) is 0.371. The second kappa shape index (κ2) is 5.91. The van der Waals surface area contributed by atoms with Crippen molar-refractivity contribution in [1.82, 2.24) is 10.2 Å². The van der Waals surface area contributed by atoms with Crippen LogP contribution in [0.4, 0.5) is 0 Å². The summed E-state index contributed by atoms with van der Waals surface area (Å²) in [5.41, 5.74) is -0.260. The molecule has 2 aliphatic rings. The summed E-state index contributed by atoms with van der Waals surface area (Å²) in [5.74, 6) is 0.453. The highest BCUT2D eigenvalue weighted by molar-refractivity contribution is 5.06. The van der Waals surface area contributed by atoms with Crippen LogP contribution in [0.15, 0.2) is 0 Å². The first-order valence-electron chi connectivity index (χ1n) is 8.10. The molecule has 2 aliphatic heterocycles. The number of nitrogens with zero attached hydrogens (tertiary/aromatic N) is 1. The topological polar surface area (TPSA) is 44.7 Å². The Morgan fingerprint density at radius 3 is 2.50 bits per heavy atom. The molecule has 0 amide bonds. The first-order chi connectivity index (χ1) is 9.26. The predicted molar refractivity (Wildman–Crippen MR) is 81.9 cm³/mol. The lowest BCUT2D eigenvalue weighted by atomic mass is 9.82. The summed E-state index contributed by atoms with van der Waals surface area (Å²) < 4.78 is 6.34. The van der Waals surface area contributed by atoms with Crippen LogP contribution in [0.25, 0.3) is 0 Å². The molecule has 4 nitrogen and oxygen atoms in total. The van der Waals surface area contributed by atoms with E-state index in [2.05, 4.69) is 44.8 Å². The van der Waals surface area contributed by atoms with Crippen LogP contribution in [0.1, 0.15) is 47.5 Å². The molecule has 3 atom stereocenters. The smallest absolute Gasteiger partial charge is 0.0790 e. The van der Waals surface area contributed by atoms with Crippen LogP contribution in [-0.4, -0.2) is 59.5 Å². The maximum atomic E-state index is 9.73. The van der Waals surface area contributed by atoms with Gasteiger partial charge in [0.25, 0.3) is 0 Å². The Morgan fingerprint density at radius 2 is 1.95 bits per heavy atom. The zero-order valence-corrected chi connectivity index (χ0v) is 13.8. The Balaban J connectivity index is 2.08. The third kappa shape index (κ3) is 3.35. The van der Waals surface area contributed by atoms with E-state index in [4.69, 9.17) is 4.74 Å². The molecule has 20 heavy (non-hydrogen) atoms. The second-order valence-corrected chi connectivity index (χ2v) is 7.55. The van der Waals surface area contributed by atoms with Gasteiger partial charge in [-0.1, -0.05) is 6.92 Å². The fourth-order valence-corrected chi connectivity index (χ4v) is 3.97. The van der Waals surface area contributed by atoms with Crippen LogP contribution < -0.4 is 5.32 Å². The Hall–Kier alpha value is -0.160. The first-order valence-corrected chi connectivity index (χ1v) is 8.10. The SMILES string of the molecule is CCCNC1C(CN2CCC(O)C2)C(C)(C)OC1(C)C. The van der Waals surface area contributed by atoms with E-state index in [-0.39, 0.29) is 17.3 Å². The van der Waals surface area contributed by atoms with Gasteiger partial charge in [0.05, 0.1) is 17.3 Å². The number of rotatable bonds is 5. The van der Waals surface area contributed by atoms with Gasteiger partial charge in [-0.25, -0.2) is 0 Å². The van der Waals surface area contributed by atoms with Crippen LogP contribution in [0.3, 0.4) is 0 Å². The van der Waals surface area contributed by atoms with Gasteiger partial charge in [0, 0.05) is 31.6 Å². The van der Waals surface area contributed by atoms with Gasteiger partial charge >= 0.3 is 0 Å². The van der Waals surface area contributed by atoms with Gasteiger partial charge in [0.2, 0.25) is 0 Å². The van der Waals surface area contributed by atoms with Crippen molar-refractivity contribution < 1.29 is 9.84 Å². The van der Waals surface area contributed by atoms with Crippen molar-refractivity contribution in [3.8, 4) is 0 Å². The molecular formula is C16H32N2O2. The monoisotopic (exact) mass is 284 g/mol. The van der Waals surface area contributed by atoms with Gasteiger partial charge in [0.15, 0.2) is 0 Å². The minimum atomic E-state index is -0.143.